The number of aliphatic hydroxyl groups excluding tert-OH is 1. The Balaban J connectivity index is 2.13. The van der Waals surface area contributed by atoms with Gasteiger partial charge in [0.25, 0.3) is 0 Å². The third-order valence-corrected chi connectivity index (χ3v) is 5.85. The minimum absolute atomic E-state index is 0.0590. The van der Waals surface area contributed by atoms with Crippen LogP contribution in [0.1, 0.15) is 37.7 Å². The van der Waals surface area contributed by atoms with E-state index in [2.05, 4.69) is 6.92 Å². The van der Waals surface area contributed by atoms with Gasteiger partial charge in [-0.3, -0.25) is 4.79 Å². The van der Waals surface area contributed by atoms with Crippen molar-refractivity contribution in [3.63, 3.8) is 0 Å². The van der Waals surface area contributed by atoms with Crippen molar-refractivity contribution in [3.05, 3.63) is 27.9 Å². The van der Waals surface area contributed by atoms with Crippen LogP contribution in [0.2, 0.25) is 0 Å². The standard InChI is InChI=1S/C19H25NO5S/c1-3-4-7-26-16-9-14(23)18-13(22)8-12(21)17(19(18)25-16)11-5-6-20(2)10-15(11)24/h8-9,11,15,21-22,24H,3-7,10H2,1-2H3/t11-,15+/m0/s1. The molecule has 0 aliphatic carbocycles. The fourth-order valence-corrected chi connectivity index (χ4v) is 4.44. The van der Waals surface area contributed by atoms with E-state index < -0.39 is 6.10 Å². The van der Waals surface area contributed by atoms with Crippen molar-refractivity contribution in [1.29, 1.82) is 0 Å². The van der Waals surface area contributed by atoms with Crippen LogP contribution in [0.25, 0.3) is 11.0 Å². The number of nitrogens with zero attached hydrogens (tertiary/aromatic N) is 1. The quantitative estimate of drug-likeness (QED) is 0.543. The van der Waals surface area contributed by atoms with E-state index in [-0.39, 0.29) is 33.8 Å². The number of rotatable bonds is 5. The van der Waals surface area contributed by atoms with Crippen LogP contribution in [-0.4, -0.2) is 52.2 Å². The number of phenolic OH excluding ortho intramolecular Hbond substituents is 2. The van der Waals surface area contributed by atoms with E-state index in [0.29, 0.717) is 23.6 Å². The van der Waals surface area contributed by atoms with Gasteiger partial charge in [0.05, 0.1) is 6.10 Å². The molecule has 142 valence electrons. The minimum atomic E-state index is -0.686. The molecule has 7 heteroatoms. The third-order valence-electron chi connectivity index (χ3n) is 4.87. The zero-order valence-electron chi connectivity index (χ0n) is 15.1. The summed E-state index contributed by atoms with van der Waals surface area (Å²) in [6.45, 7) is 3.33. The monoisotopic (exact) mass is 379 g/mol. The fourth-order valence-electron chi connectivity index (χ4n) is 3.47. The summed E-state index contributed by atoms with van der Waals surface area (Å²) in [6, 6.07) is 2.55. The van der Waals surface area contributed by atoms with Crippen LogP contribution in [0, 0.1) is 0 Å². The molecule has 1 aliphatic heterocycles. The average Bonchev–Trinajstić information content (AvgIpc) is 2.56. The molecule has 26 heavy (non-hydrogen) atoms. The lowest BCUT2D eigenvalue weighted by molar-refractivity contribution is 0.0630. The first kappa shape index (κ1) is 19.1. The number of aromatic hydroxyl groups is 2. The van der Waals surface area contributed by atoms with Crippen molar-refractivity contribution in [2.24, 2.45) is 0 Å². The van der Waals surface area contributed by atoms with Gasteiger partial charge in [-0.25, -0.2) is 0 Å². The summed E-state index contributed by atoms with van der Waals surface area (Å²) >= 11 is 1.44. The number of piperidine rings is 1. The number of unbranched alkanes of at least 4 members (excludes halogenated alkanes) is 1. The van der Waals surface area contributed by atoms with E-state index >= 15 is 0 Å². The maximum Gasteiger partial charge on any atom is 0.197 e. The zero-order valence-corrected chi connectivity index (χ0v) is 15.9. The molecular weight excluding hydrogens is 354 g/mol. The van der Waals surface area contributed by atoms with Crippen LogP contribution in [0.15, 0.2) is 26.4 Å². The van der Waals surface area contributed by atoms with Gasteiger partial charge in [-0.2, -0.15) is 0 Å². The zero-order chi connectivity index (χ0) is 18.8. The molecule has 2 aromatic rings. The predicted molar refractivity (Wildman–Crippen MR) is 102 cm³/mol. The number of fused-ring (bicyclic) bond motifs is 1. The molecule has 1 aromatic heterocycles. The number of β-amino-alcohol motifs (C(OH)–C–C–N with tert-alkyl or cyclic N) is 1. The molecule has 3 rings (SSSR count). The fraction of sp³-hybridized carbons (Fsp3) is 0.526. The highest BCUT2D eigenvalue weighted by Crippen LogP contribution is 2.42. The molecule has 1 aliphatic rings. The topological polar surface area (TPSA) is 94.1 Å². The second-order valence-electron chi connectivity index (χ2n) is 6.89. The Morgan fingerprint density at radius 2 is 2.08 bits per heavy atom. The normalized spacial score (nSPS) is 21.3. The Bertz CT molecular complexity index is 850. The molecule has 0 radical (unpaired) electrons. The first-order valence-corrected chi connectivity index (χ1v) is 9.93. The molecule has 1 aromatic carbocycles. The SMILES string of the molecule is CCCCSc1cc(=O)c2c(O)cc(O)c([C@H]3CCN(C)C[C@H]3O)c2o1. The molecular formula is C19H25NO5S. The molecule has 0 bridgehead atoms. The Labute approximate surface area is 156 Å². The van der Waals surface area contributed by atoms with E-state index in [0.717, 1.165) is 25.1 Å². The van der Waals surface area contributed by atoms with Gasteiger partial charge in [0, 0.05) is 35.9 Å². The summed E-state index contributed by atoms with van der Waals surface area (Å²) in [5, 5.41) is 31.7. The number of hydrogen-bond donors (Lipinski definition) is 3. The van der Waals surface area contributed by atoms with Crippen molar-refractivity contribution < 1.29 is 19.7 Å². The van der Waals surface area contributed by atoms with Gasteiger partial charge in [-0.1, -0.05) is 25.1 Å². The summed E-state index contributed by atoms with van der Waals surface area (Å²) in [5.41, 5.74) is 0.252. The summed E-state index contributed by atoms with van der Waals surface area (Å²) in [4.78, 5) is 14.6. The number of likely N-dealkylation sites (tertiary alicyclic amines) is 1. The van der Waals surface area contributed by atoms with Crippen LogP contribution in [0.5, 0.6) is 11.5 Å². The molecule has 0 unspecified atom stereocenters. The molecule has 2 atom stereocenters. The van der Waals surface area contributed by atoms with E-state index in [1.54, 1.807) is 0 Å². The van der Waals surface area contributed by atoms with Crippen molar-refractivity contribution in [1.82, 2.24) is 4.90 Å². The van der Waals surface area contributed by atoms with Gasteiger partial charge >= 0.3 is 0 Å². The van der Waals surface area contributed by atoms with Crippen molar-refractivity contribution in [2.75, 3.05) is 25.9 Å². The van der Waals surface area contributed by atoms with E-state index in [1.807, 2.05) is 11.9 Å². The summed E-state index contributed by atoms with van der Waals surface area (Å²) in [5.74, 6) is 0.0143. The third kappa shape index (κ3) is 3.70. The molecule has 0 saturated carbocycles. The largest absolute Gasteiger partial charge is 0.507 e. The highest BCUT2D eigenvalue weighted by atomic mass is 32.2. The molecule has 2 heterocycles. The van der Waals surface area contributed by atoms with Crippen LogP contribution < -0.4 is 5.43 Å². The van der Waals surface area contributed by atoms with Crippen LogP contribution in [-0.2, 0) is 0 Å². The summed E-state index contributed by atoms with van der Waals surface area (Å²) in [6.07, 6.45) is 1.98. The van der Waals surface area contributed by atoms with Gasteiger partial charge in [-0.05, 0) is 26.4 Å². The van der Waals surface area contributed by atoms with Crippen molar-refractivity contribution in [2.45, 2.75) is 43.3 Å². The maximum atomic E-state index is 12.5. The van der Waals surface area contributed by atoms with Crippen LogP contribution >= 0.6 is 11.8 Å². The lowest BCUT2D eigenvalue weighted by Crippen LogP contribution is -2.40. The van der Waals surface area contributed by atoms with Gasteiger partial charge in [0.1, 0.15) is 22.5 Å². The van der Waals surface area contributed by atoms with E-state index in [9.17, 15) is 20.1 Å². The molecule has 0 amide bonds. The number of benzene rings is 1. The number of aliphatic hydroxyl groups is 1. The van der Waals surface area contributed by atoms with E-state index in [1.165, 1.54) is 23.9 Å². The minimum Gasteiger partial charge on any atom is -0.507 e. The Kier molecular flexibility index (Phi) is 5.79. The first-order chi connectivity index (χ1) is 12.4. The van der Waals surface area contributed by atoms with Crippen molar-refractivity contribution in [3.8, 4) is 11.5 Å². The van der Waals surface area contributed by atoms with Gasteiger partial charge in [0.2, 0.25) is 0 Å². The Hall–Kier alpha value is -1.70. The van der Waals surface area contributed by atoms with Crippen LogP contribution in [0.4, 0.5) is 0 Å². The molecule has 1 saturated heterocycles. The molecule has 3 N–H and O–H groups in total. The smallest absolute Gasteiger partial charge is 0.197 e. The number of hydrogen-bond acceptors (Lipinski definition) is 7. The van der Waals surface area contributed by atoms with E-state index in [4.69, 9.17) is 4.42 Å². The Morgan fingerprint density at radius 3 is 2.77 bits per heavy atom. The van der Waals surface area contributed by atoms with Gasteiger partial charge in [0.15, 0.2) is 10.5 Å². The van der Waals surface area contributed by atoms with Gasteiger partial charge < -0.3 is 24.6 Å². The van der Waals surface area contributed by atoms with Crippen LogP contribution in [0.3, 0.4) is 0 Å². The highest BCUT2D eigenvalue weighted by Gasteiger charge is 2.32. The second-order valence-corrected chi connectivity index (χ2v) is 7.99. The molecule has 1 fully saturated rings. The molecule has 0 spiro atoms. The predicted octanol–water partition coefficient (Wildman–Crippen LogP) is 2.88. The first-order valence-electron chi connectivity index (χ1n) is 8.94. The lowest BCUT2D eigenvalue weighted by atomic mass is 9.85. The second kappa shape index (κ2) is 7.90. The summed E-state index contributed by atoms with van der Waals surface area (Å²) in [7, 11) is 1.93. The number of likely N-dealkylation sites (N-methyl/N-ethyl adjacent to an activating group) is 1. The van der Waals surface area contributed by atoms with Gasteiger partial charge in [-0.15, -0.1) is 0 Å². The highest BCUT2D eigenvalue weighted by molar-refractivity contribution is 7.99. The lowest BCUT2D eigenvalue weighted by Gasteiger charge is -2.34. The number of phenols is 2. The Morgan fingerprint density at radius 1 is 1.31 bits per heavy atom. The maximum absolute atomic E-state index is 12.5. The average molecular weight is 379 g/mol. The number of thioether (sulfide) groups is 1. The summed E-state index contributed by atoms with van der Waals surface area (Å²) < 4.78 is 5.93. The molecule has 6 nitrogen and oxygen atoms in total. The van der Waals surface area contributed by atoms with Crippen molar-refractivity contribution >= 4 is 22.7 Å².